The highest BCUT2D eigenvalue weighted by atomic mass is 35.5. The van der Waals surface area contributed by atoms with Gasteiger partial charge in [-0.15, -0.1) is 0 Å². The van der Waals surface area contributed by atoms with Crippen molar-refractivity contribution in [1.29, 1.82) is 0 Å². The summed E-state index contributed by atoms with van der Waals surface area (Å²) in [4.78, 5) is 39.8. The van der Waals surface area contributed by atoms with E-state index < -0.39 is 28.5 Å². The summed E-state index contributed by atoms with van der Waals surface area (Å²) in [6, 6.07) is 9.90. The van der Waals surface area contributed by atoms with Crippen LogP contribution >= 0.6 is 23.2 Å². The fourth-order valence-electron chi connectivity index (χ4n) is 3.63. The first-order valence-electron chi connectivity index (χ1n) is 11.4. The van der Waals surface area contributed by atoms with E-state index in [1.54, 1.807) is 37.3 Å². The number of hydrogen-bond donors (Lipinski definition) is 1. The molecule has 196 valence electrons. The van der Waals surface area contributed by atoms with Crippen LogP contribution in [-0.4, -0.2) is 55.8 Å². The van der Waals surface area contributed by atoms with E-state index in [9.17, 15) is 22.8 Å². The Labute approximate surface area is 222 Å². The molecular formula is C25H31Cl2N3O5S. The number of amides is 2. The van der Waals surface area contributed by atoms with Crippen LogP contribution in [0.1, 0.15) is 50.0 Å². The largest absolute Gasteiger partial charge is 0.352 e. The summed E-state index contributed by atoms with van der Waals surface area (Å²) >= 11 is 12.2. The van der Waals surface area contributed by atoms with E-state index in [-0.39, 0.29) is 30.0 Å². The predicted molar refractivity (Wildman–Crippen MR) is 143 cm³/mol. The van der Waals surface area contributed by atoms with Crippen LogP contribution < -0.4 is 9.62 Å². The second-order valence-corrected chi connectivity index (χ2v) is 11.5. The normalized spacial score (nSPS) is 12.2. The highest BCUT2D eigenvalue weighted by Gasteiger charge is 2.32. The summed E-state index contributed by atoms with van der Waals surface area (Å²) in [5.41, 5.74) is 1.11. The van der Waals surface area contributed by atoms with Crippen molar-refractivity contribution in [3.8, 4) is 0 Å². The van der Waals surface area contributed by atoms with Crippen LogP contribution in [0.3, 0.4) is 0 Å². The van der Waals surface area contributed by atoms with E-state index >= 15 is 0 Å². The summed E-state index contributed by atoms with van der Waals surface area (Å²) in [7, 11) is -3.91. The van der Waals surface area contributed by atoms with Gasteiger partial charge < -0.3 is 10.2 Å². The molecular weight excluding hydrogens is 525 g/mol. The zero-order valence-corrected chi connectivity index (χ0v) is 23.2. The molecule has 0 aliphatic heterocycles. The van der Waals surface area contributed by atoms with Crippen molar-refractivity contribution in [1.82, 2.24) is 10.2 Å². The van der Waals surface area contributed by atoms with Gasteiger partial charge in [0.1, 0.15) is 12.6 Å². The fourth-order valence-corrected chi connectivity index (χ4v) is 4.79. The first kappa shape index (κ1) is 29.6. The molecule has 11 heteroatoms. The molecule has 0 radical (unpaired) electrons. The van der Waals surface area contributed by atoms with E-state index in [1.807, 2.05) is 13.8 Å². The minimum atomic E-state index is -3.91. The van der Waals surface area contributed by atoms with Crippen molar-refractivity contribution in [3.63, 3.8) is 0 Å². The topological polar surface area (TPSA) is 104 Å². The molecule has 8 nitrogen and oxygen atoms in total. The quantitative estimate of drug-likeness (QED) is 0.416. The number of nitrogens with zero attached hydrogens (tertiary/aromatic N) is 2. The minimum absolute atomic E-state index is 0.00479. The maximum atomic E-state index is 13.7. The number of rotatable bonds is 11. The third-order valence-electron chi connectivity index (χ3n) is 5.37. The lowest BCUT2D eigenvalue weighted by Gasteiger charge is -2.33. The molecule has 0 heterocycles. The molecule has 0 aliphatic carbocycles. The Kier molecular flexibility index (Phi) is 10.3. The number of halogens is 2. The number of carbonyl (C=O) groups is 3. The molecule has 1 atom stereocenters. The molecule has 0 aliphatic rings. The Morgan fingerprint density at radius 1 is 1.03 bits per heavy atom. The molecule has 2 aromatic carbocycles. The molecule has 0 aromatic heterocycles. The molecule has 0 saturated heterocycles. The molecule has 0 fully saturated rings. The van der Waals surface area contributed by atoms with Crippen LogP contribution in [-0.2, 0) is 26.2 Å². The summed E-state index contributed by atoms with van der Waals surface area (Å²) in [5.74, 6) is -1.19. The Bertz CT molecular complexity index is 1230. The van der Waals surface area contributed by atoms with E-state index in [0.717, 1.165) is 10.6 Å². The van der Waals surface area contributed by atoms with Crippen molar-refractivity contribution in [2.45, 2.75) is 52.7 Å². The summed E-state index contributed by atoms with van der Waals surface area (Å²) < 4.78 is 26.3. The Hall–Kier alpha value is -2.62. The first-order valence-corrected chi connectivity index (χ1v) is 14.0. The van der Waals surface area contributed by atoms with Gasteiger partial charge in [0.25, 0.3) is 0 Å². The zero-order chi connectivity index (χ0) is 27.2. The van der Waals surface area contributed by atoms with Crippen LogP contribution in [0.15, 0.2) is 42.5 Å². The number of sulfonamides is 1. The van der Waals surface area contributed by atoms with Crippen LogP contribution in [0.25, 0.3) is 0 Å². The zero-order valence-electron chi connectivity index (χ0n) is 20.9. The number of carbonyl (C=O) groups excluding carboxylic acids is 3. The monoisotopic (exact) mass is 555 g/mol. The number of nitrogens with one attached hydrogen (secondary N) is 1. The summed E-state index contributed by atoms with van der Waals surface area (Å²) in [5, 5.41) is 3.46. The third kappa shape index (κ3) is 7.94. The van der Waals surface area contributed by atoms with Crippen molar-refractivity contribution in [2.75, 3.05) is 17.1 Å². The van der Waals surface area contributed by atoms with Gasteiger partial charge in [-0.2, -0.15) is 0 Å². The van der Waals surface area contributed by atoms with Crippen molar-refractivity contribution < 1.29 is 22.8 Å². The molecule has 2 aromatic rings. The van der Waals surface area contributed by atoms with Crippen molar-refractivity contribution in [2.24, 2.45) is 0 Å². The third-order valence-corrected chi connectivity index (χ3v) is 7.25. The highest BCUT2D eigenvalue weighted by Crippen LogP contribution is 2.25. The van der Waals surface area contributed by atoms with E-state index in [4.69, 9.17) is 23.2 Å². The lowest BCUT2D eigenvalue weighted by atomic mass is 10.1. The number of ketones is 1. The average Bonchev–Trinajstić information content (AvgIpc) is 2.78. The van der Waals surface area contributed by atoms with Gasteiger partial charge in [-0.25, -0.2) is 8.42 Å². The van der Waals surface area contributed by atoms with Crippen LogP contribution in [0.2, 0.25) is 10.0 Å². The van der Waals surface area contributed by atoms with Gasteiger partial charge in [0.05, 0.1) is 22.0 Å². The number of Topliss-reactive ketones (excluding diaryl/α,β-unsaturated/α-hetero) is 1. The molecule has 0 bridgehead atoms. The molecule has 0 saturated carbocycles. The molecule has 36 heavy (non-hydrogen) atoms. The smallest absolute Gasteiger partial charge is 0.244 e. The van der Waals surface area contributed by atoms with Crippen LogP contribution in [0.4, 0.5) is 5.69 Å². The van der Waals surface area contributed by atoms with E-state index in [2.05, 4.69) is 5.32 Å². The second-order valence-electron chi connectivity index (χ2n) is 8.73. The minimum Gasteiger partial charge on any atom is -0.352 e. The average molecular weight is 557 g/mol. The fraction of sp³-hybridized carbons (Fsp3) is 0.400. The van der Waals surface area contributed by atoms with Crippen molar-refractivity contribution >= 4 is 56.5 Å². The van der Waals surface area contributed by atoms with Crippen molar-refractivity contribution in [3.05, 3.63) is 63.6 Å². The lowest BCUT2D eigenvalue weighted by Crippen LogP contribution is -2.53. The van der Waals surface area contributed by atoms with Gasteiger partial charge in [-0.3, -0.25) is 18.7 Å². The standard InChI is InChI=1S/C25H31Cl2N3O5S/c1-6-23(25(33)28-16(2)3)29(14-18-10-11-21(26)22(27)12-18)24(32)15-30(36(5,34)35)20-9-7-8-19(13-20)17(4)31/h7-13,16,23H,6,14-15H2,1-5H3,(H,28,33)/t23-/m0/s1. The molecule has 1 N–H and O–H groups in total. The highest BCUT2D eigenvalue weighted by molar-refractivity contribution is 7.92. The number of benzene rings is 2. The SMILES string of the molecule is CC[C@@H](C(=O)NC(C)C)N(Cc1ccc(Cl)c(Cl)c1)C(=O)CN(c1cccc(C(C)=O)c1)S(C)(=O)=O. The van der Waals surface area contributed by atoms with Gasteiger partial charge in [0.2, 0.25) is 21.8 Å². The molecule has 2 amide bonds. The molecule has 2 rings (SSSR count). The summed E-state index contributed by atoms with van der Waals surface area (Å²) in [6.07, 6.45) is 1.27. The van der Waals surface area contributed by atoms with Crippen LogP contribution in [0.5, 0.6) is 0 Å². The first-order chi connectivity index (χ1) is 16.7. The predicted octanol–water partition coefficient (Wildman–Crippen LogP) is 4.29. The Balaban J connectivity index is 2.50. The second kappa shape index (κ2) is 12.6. The maximum absolute atomic E-state index is 13.7. The number of hydrogen-bond acceptors (Lipinski definition) is 5. The Morgan fingerprint density at radius 3 is 2.22 bits per heavy atom. The maximum Gasteiger partial charge on any atom is 0.244 e. The lowest BCUT2D eigenvalue weighted by molar-refractivity contribution is -0.140. The molecule has 0 spiro atoms. The van der Waals surface area contributed by atoms with Gasteiger partial charge in [0.15, 0.2) is 5.78 Å². The number of anilines is 1. The van der Waals surface area contributed by atoms with Gasteiger partial charge >= 0.3 is 0 Å². The molecule has 0 unspecified atom stereocenters. The van der Waals surface area contributed by atoms with Gasteiger partial charge in [0, 0.05) is 18.2 Å². The van der Waals surface area contributed by atoms with Gasteiger partial charge in [-0.1, -0.05) is 48.3 Å². The van der Waals surface area contributed by atoms with Crippen LogP contribution in [0, 0.1) is 0 Å². The summed E-state index contributed by atoms with van der Waals surface area (Å²) in [6.45, 7) is 6.20. The van der Waals surface area contributed by atoms with E-state index in [0.29, 0.717) is 27.6 Å². The Morgan fingerprint density at radius 2 is 1.69 bits per heavy atom. The van der Waals surface area contributed by atoms with Gasteiger partial charge in [-0.05, 0) is 57.0 Å². The van der Waals surface area contributed by atoms with E-state index in [1.165, 1.54) is 24.0 Å².